The van der Waals surface area contributed by atoms with Gasteiger partial charge >= 0.3 is 5.65 Å². The first-order valence-corrected chi connectivity index (χ1v) is 10.6. The van der Waals surface area contributed by atoms with Gasteiger partial charge in [0.1, 0.15) is 17.3 Å². The first-order valence-electron chi connectivity index (χ1n) is 10.2. The number of hydrogen-bond donors (Lipinski definition) is 1. The number of carbonyl (C=O) groups excluding carboxylic acids is 1. The van der Waals surface area contributed by atoms with Crippen LogP contribution in [0.25, 0.3) is 16.9 Å². The SMILES string of the molecule is COc1cc(N2CCN(C(=O)C[n+]3[nH]c(-n4nccn4)c4cccnc43)CC2)ccc1Cl. The molecule has 0 radical (unpaired) electrons. The number of aromatic nitrogens is 6. The molecule has 1 amide bonds. The van der Waals surface area contributed by atoms with E-state index >= 15 is 0 Å². The second-order valence-corrected chi connectivity index (χ2v) is 7.83. The molecule has 1 saturated heterocycles. The number of fused-ring (bicyclic) bond motifs is 1. The van der Waals surface area contributed by atoms with Gasteiger partial charge in [0, 0.05) is 37.9 Å². The first kappa shape index (κ1) is 20.3. The van der Waals surface area contributed by atoms with Crippen LogP contribution in [0.2, 0.25) is 5.02 Å². The number of halogens is 1. The van der Waals surface area contributed by atoms with Crippen molar-refractivity contribution < 1.29 is 14.2 Å². The summed E-state index contributed by atoms with van der Waals surface area (Å²) in [6.45, 7) is 2.87. The highest BCUT2D eigenvalue weighted by Crippen LogP contribution is 2.29. The van der Waals surface area contributed by atoms with E-state index in [9.17, 15) is 4.79 Å². The summed E-state index contributed by atoms with van der Waals surface area (Å²) in [5, 5.41) is 13.0. The highest BCUT2D eigenvalue weighted by atomic mass is 35.5. The van der Waals surface area contributed by atoms with E-state index in [-0.39, 0.29) is 12.5 Å². The summed E-state index contributed by atoms with van der Waals surface area (Å²) in [6, 6.07) is 9.51. The number of piperazine rings is 1. The van der Waals surface area contributed by atoms with Gasteiger partial charge in [0.05, 0.1) is 24.5 Å². The molecule has 0 bridgehead atoms. The van der Waals surface area contributed by atoms with E-state index in [1.165, 1.54) is 4.80 Å². The molecule has 1 aromatic carbocycles. The van der Waals surface area contributed by atoms with E-state index in [1.807, 2.05) is 35.2 Å². The average molecular weight is 454 g/mol. The third-order valence-electron chi connectivity index (χ3n) is 5.58. The number of amides is 1. The zero-order valence-corrected chi connectivity index (χ0v) is 18.2. The number of pyridine rings is 1. The molecule has 1 fully saturated rings. The van der Waals surface area contributed by atoms with Crippen LogP contribution in [0.1, 0.15) is 0 Å². The van der Waals surface area contributed by atoms with Crippen LogP contribution in [0.15, 0.2) is 48.9 Å². The summed E-state index contributed by atoms with van der Waals surface area (Å²) in [4.78, 5) is 23.1. The number of carbonyl (C=O) groups is 1. The van der Waals surface area contributed by atoms with Gasteiger partial charge in [-0.3, -0.25) is 4.79 Å². The van der Waals surface area contributed by atoms with Gasteiger partial charge in [-0.25, -0.2) is 5.10 Å². The van der Waals surface area contributed by atoms with Crippen molar-refractivity contribution in [3.63, 3.8) is 0 Å². The number of ether oxygens (including phenoxy) is 1. The fraction of sp³-hybridized carbons (Fsp3) is 0.286. The van der Waals surface area contributed by atoms with Gasteiger partial charge in [-0.15, -0.1) is 9.48 Å². The maximum Gasteiger partial charge on any atom is 0.353 e. The summed E-state index contributed by atoms with van der Waals surface area (Å²) >= 11 is 6.14. The van der Waals surface area contributed by atoms with E-state index in [1.54, 1.807) is 30.4 Å². The first-order chi connectivity index (χ1) is 15.6. The molecule has 1 aliphatic heterocycles. The monoisotopic (exact) mass is 453 g/mol. The molecule has 3 aromatic heterocycles. The molecule has 4 heterocycles. The quantitative estimate of drug-likeness (QED) is 0.459. The summed E-state index contributed by atoms with van der Waals surface area (Å²) in [6.07, 6.45) is 4.92. The molecule has 1 N–H and O–H groups in total. The number of benzene rings is 1. The number of hydrogen-bond acceptors (Lipinski definition) is 6. The van der Waals surface area contributed by atoms with Crippen molar-refractivity contribution in [2.24, 2.45) is 0 Å². The third-order valence-corrected chi connectivity index (χ3v) is 5.89. The van der Waals surface area contributed by atoms with Gasteiger partial charge in [-0.2, -0.15) is 10.2 Å². The Balaban J connectivity index is 1.29. The predicted octanol–water partition coefficient (Wildman–Crippen LogP) is 1.44. The van der Waals surface area contributed by atoms with Crippen LogP contribution in [0.5, 0.6) is 5.75 Å². The number of rotatable bonds is 5. The van der Waals surface area contributed by atoms with Crippen molar-refractivity contribution in [1.29, 1.82) is 0 Å². The number of H-pyrrole nitrogens is 1. The Morgan fingerprint density at radius 1 is 1.16 bits per heavy atom. The third kappa shape index (κ3) is 3.73. The number of aromatic amines is 1. The lowest BCUT2D eigenvalue weighted by Gasteiger charge is -2.36. The van der Waals surface area contributed by atoms with Gasteiger partial charge < -0.3 is 14.5 Å². The van der Waals surface area contributed by atoms with E-state index in [4.69, 9.17) is 16.3 Å². The highest BCUT2D eigenvalue weighted by Gasteiger charge is 2.27. The molecule has 4 aromatic rings. The van der Waals surface area contributed by atoms with Crippen molar-refractivity contribution in [2.45, 2.75) is 6.54 Å². The Morgan fingerprint density at radius 2 is 1.94 bits per heavy atom. The summed E-state index contributed by atoms with van der Waals surface area (Å²) in [7, 11) is 1.60. The Labute approximate surface area is 188 Å². The Bertz CT molecular complexity index is 1250. The van der Waals surface area contributed by atoms with E-state index in [0.29, 0.717) is 35.3 Å². The van der Waals surface area contributed by atoms with Crippen molar-refractivity contribution in [1.82, 2.24) is 30.0 Å². The van der Waals surface area contributed by atoms with Crippen LogP contribution in [-0.2, 0) is 11.3 Å². The fourth-order valence-corrected chi connectivity index (χ4v) is 4.13. The molecule has 0 saturated carbocycles. The van der Waals surface area contributed by atoms with Crippen LogP contribution in [-0.4, -0.2) is 69.2 Å². The molecule has 32 heavy (non-hydrogen) atoms. The summed E-state index contributed by atoms with van der Waals surface area (Å²) < 4.78 is 7.06. The van der Waals surface area contributed by atoms with Crippen LogP contribution in [0, 0.1) is 0 Å². The fourth-order valence-electron chi connectivity index (χ4n) is 3.93. The van der Waals surface area contributed by atoms with E-state index in [2.05, 4.69) is 25.2 Å². The van der Waals surface area contributed by atoms with Crippen molar-refractivity contribution >= 4 is 34.2 Å². The average Bonchev–Trinajstić information content (AvgIpc) is 3.48. The summed E-state index contributed by atoms with van der Waals surface area (Å²) in [5.74, 6) is 1.34. The highest BCUT2D eigenvalue weighted by molar-refractivity contribution is 6.32. The molecule has 0 atom stereocenters. The number of nitrogens with zero attached hydrogens (tertiary/aromatic N) is 7. The van der Waals surface area contributed by atoms with Crippen molar-refractivity contribution in [2.75, 3.05) is 38.2 Å². The largest absolute Gasteiger partial charge is 0.495 e. The second kappa shape index (κ2) is 8.46. The Hall–Kier alpha value is -3.66. The number of anilines is 1. The van der Waals surface area contributed by atoms with Crippen LogP contribution in [0.3, 0.4) is 0 Å². The van der Waals surface area contributed by atoms with Gasteiger partial charge in [0.25, 0.3) is 5.91 Å². The van der Waals surface area contributed by atoms with E-state index < -0.39 is 0 Å². The smallest absolute Gasteiger partial charge is 0.353 e. The van der Waals surface area contributed by atoms with Crippen LogP contribution < -0.4 is 14.3 Å². The van der Waals surface area contributed by atoms with Gasteiger partial charge in [0.15, 0.2) is 6.54 Å². The molecule has 164 valence electrons. The Morgan fingerprint density at radius 3 is 2.69 bits per heavy atom. The Kier molecular flexibility index (Phi) is 5.36. The predicted molar refractivity (Wildman–Crippen MR) is 118 cm³/mol. The molecule has 0 spiro atoms. The maximum absolute atomic E-state index is 13.1. The van der Waals surface area contributed by atoms with Crippen molar-refractivity contribution in [3.05, 3.63) is 53.9 Å². The minimum atomic E-state index is 0.0251. The molecule has 5 rings (SSSR count). The lowest BCUT2D eigenvalue weighted by molar-refractivity contribution is -0.716. The standard InChI is InChI=1S/C21H21ClN8O2/c1-32-18-13-15(4-5-17(18)22)27-9-11-28(12-10-27)19(31)14-29-20-16(3-2-6-23-20)21(26-29)30-24-7-8-25-30/h2-8,13H,9-12,14H2,1H3/p+1. The summed E-state index contributed by atoms with van der Waals surface area (Å²) in [5.41, 5.74) is 1.71. The van der Waals surface area contributed by atoms with Gasteiger partial charge in [-0.05, 0) is 29.2 Å². The normalized spacial score (nSPS) is 14.2. The van der Waals surface area contributed by atoms with Crippen LogP contribution >= 0.6 is 11.6 Å². The second-order valence-electron chi connectivity index (χ2n) is 7.43. The topological polar surface area (TPSA) is 96.1 Å². The van der Waals surface area contributed by atoms with Crippen LogP contribution in [0.4, 0.5) is 5.69 Å². The molecule has 10 nitrogen and oxygen atoms in total. The molecule has 0 aliphatic carbocycles. The maximum atomic E-state index is 13.1. The minimum absolute atomic E-state index is 0.0251. The van der Waals surface area contributed by atoms with Gasteiger partial charge in [0.2, 0.25) is 5.82 Å². The molecule has 1 aliphatic rings. The van der Waals surface area contributed by atoms with E-state index in [0.717, 1.165) is 24.2 Å². The molecular weight excluding hydrogens is 432 g/mol. The zero-order valence-electron chi connectivity index (χ0n) is 17.5. The molecular formula is C21H22ClN8O2+. The number of methoxy groups -OCH3 is 1. The zero-order chi connectivity index (χ0) is 22.1. The minimum Gasteiger partial charge on any atom is -0.495 e. The lowest BCUT2D eigenvalue weighted by atomic mass is 10.2. The van der Waals surface area contributed by atoms with Crippen molar-refractivity contribution in [3.8, 4) is 11.6 Å². The molecule has 0 unspecified atom stereocenters. The van der Waals surface area contributed by atoms with Gasteiger partial charge in [-0.1, -0.05) is 11.6 Å². The molecule has 11 heteroatoms. The number of nitrogens with one attached hydrogen (secondary N) is 1. The lowest BCUT2D eigenvalue weighted by Crippen LogP contribution is -2.53.